The van der Waals surface area contributed by atoms with Gasteiger partial charge in [0.25, 0.3) is 10.0 Å². The fraction of sp³-hybridized carbons (Fsp3) is 0.0500. The second-order valence-corrected chi connectivity index (χ2v) is 8.21. The number of aromatic nitrogens is 1. The van der Waals surface area contributed by atoms with Gasteiger partial charge in [-0.3, -0.25) is 4.72 Å². The molecule has 2 N–H and O–H groups in total. The van der Waals surface area contributed by atoms with Crippen molar-refractivity contribution < 1.29 is 23.1 Å². The number of sulfonamides is 1. The molecule has 0 aliphatic rings. The minimum atomic E-state index is -4.03. The highest BCUT2D eigenvalue weighted by Crippen LogP contribution is 2.28. The molecule has 3 rings (SSSR count). The second-order valence-electron chi connectivity index (χ2n) is 5.73. The van der Waals surface area contributed by atoms with E-state index in [1.807, 2.05) is 0 Å². The quantitative estimate of drug-likeness (QED) is 0.464. The van der Waals surface area contributed by atoms with Crippen LogP contribution in [0.3, 0.4) is 0 Å². The van der Waals surface area contributed by atoms with Crippen molar-refractivity contribution in [3.8, 4) is 17.6 Å². The Morgan fingerprint density at radius 2 is 1.97 bits per heavy atom. The maximum Gasteiger partial charge on any atom is 0.335 e. The van der Waals surface area contributed by atoms with Crippen LogP contribution in [0.15, 0.2) is 52.9 Å². The monoisotopic (exact) mass is 439 g/mol. The van der Waals surface area contributed by atoms with Crippen molar-refractivity contribution in [2.24, 2.45) is 0 Å². The van der Waals surface area contributed by atoms with Gasteiger partial charge in [0.05, 0.1) is 24.9 Å². The number of hydrogen-bond acceptors (Lipinski definition) is 6. The maximum atomic E-state index is 12.6. The number of carboxylic acid groups (broad SMARTS) is 1. The zero-order valence-corrected chi connectivity index (χ0v) is 17.0. The lowest BCUT2D eigenvalue weighted by atomic mass is 10.2. The maximum absolute atomic E-state index is 12.6. The predicted octanol–water partition coefficient (Wildman–Crippen LogP) is 3.60. The van der Waals surface area contributed by atoms with E-state index in [1.165, 1.54) is 30.7 Å². The van der Waals surface area contributed by atoms with Crippen LogP contribution < -0.4 is 9.46 Å². The van der Waals surface area contributed by atoms with Crippen LogP contribution in [0.5, 0.6) is 5.75 Å². The van der Waals surface area contributed by atoms with E-state index in [-0.39, 0.29) is 22.0 Å². The van der Waals surface area contributed by atoms with Gasteiger partial charge in [-0.2, -0.15) is 8.42 Å². The molecule has 1 aromatic heterocycles. The fourth-order valence-corrected chi connectivity index (χ4v) is 4.30. The van der Waals surface area contributed by atoms with Gasteiger partial charge in [-0.05, 0) is 24.1 Å². The topological polar surface area (TPSA) is 110 Å². The molecule has 3 aromatic rings. The summed E-state index contributed by atoms with van der Waals surface area (Å²) in [5.41, 5.74) is 1.22. The molecule has 0 unspecified atom stereocenters. The van der Waals surface area contributed by atoms with Gasteiger partial charge in [-0.15, -0.1) is 11.3 Å². The second kappa shape index (κ2) is 8.66. The van der Waals surface area contributed by atoms with Gasteiger partial charge in [-0.25, -0.2) is 14.6 Å². The molecule has 0 atom stereocenters. The SMILES string of the molecule is [C-]#[N+]c1ccc(C#Cc2nc(S(=O)(=O)Nc3ccc(C(=O)O)cc3OC)cs2)cc1. The molecular weight excluding hydrogens is 426 g/mol. The first-order valence-corrected chi connectivity index (χ1v) is 10.6. The van der Waals surface area contributed by atoms with Crippen molar-refractivity contribution in [1.29, 1.82) is 0 Å². The van der Waals surface area contributed by atoms with E-state index in [0.29, 0.717) is 16.3 Å². The first-order chi connectivity index (χ1) is 14.3. The summed E-state index contributed by atoms with van der Waals surface area (Å²) >= 11 is 1.07. The summed E-state index contributed by atoms with van der Waals surface area (Å²) in [6.07, 6.45) is 0. The third-order valence-corrected chi connectivity index (χ3v) is 5.92. The molecule has 0 fully saturated rings. The van der Waals surface area contributed by atoms with Gasteiger partial charge in [-0.1, -0.05) is 30.2 Å². The lowest BCUT2D eigenvalue weighted by molar-refractivity contribution is 0.0696. The molecule has 0 saturated heterocycles. The van der Waals surface area contributed by atoms with E-state index < -0.39 is 16.0 Å². The fourth-order valence-electron chi connectivity index (χ4n) is 2.29. The van der Waals surface area contributed by atoms with Crippen molar-refractivity contribution >= 4 is 38.7 Å². The number of methoxy groups -OCH3 is 1. The summed E-state index contributed by atoms with van der Waals surface area (Å²) in [5, 5.41) is 10.5. The standard InChI is InChI=1S/C20H13N3O5S2/c1-21-15-7-3-13(4-8-15)5-10-18-22-19(12-29-18)30(26,27)23-16-9-6-14(20(24)25)11-17(16)28-2/h3-4,6-9,11-12,23H,2H3,(H,24,25). The van der Waals surface area contributed by atoms with Crippen molar-refractivity contribution in [2.45, 2.75) is 5.03 Å². The third-order valence-electron chi connectivity index (χ3n) is 3.76. The minimum absolute atomic E-state index is 0.0366. The molecule has 1 heterocycles. The molecule has 2 aromatic carbocycles. The van der Waals surface area contributed by atoms with Crippen molar-refractivity contribution in [3.05, 3.63) is 75.4 Å². The van der Waals surface area contributed by atoms with E-state index in [9.17, 15) is 13.2 Å². The normalized spacial score (nSPS) is 10.4. The third kappa shape index (κ3) is 4.75. The van der Waals surface area contributed by atoms with Crippen LogP contribution in [0.1, 0.15) is 20.9 Å². The van der Waals surface area contributed by atoms with Crippen LogP contribution in [-0.2, 0) is 10.0 Å². The Morgan fingerprint density at radius 1 is 1.23 bits per heavy atom. The lowest BCUT2D eigenvalue weighted by Gasteiger charge is -2.11. The summed E-state index contributed by atoms with van der Waals surface area (Å²) in [4.78, 5) is 18.4. The van der Waals surface area contributed by atoms with Crippen LogP contribution in [0, 0.1) is 18.4 Å². The van der Waals surface area contributed by atoms with Gasteiger partial charge < -0.3 is 9.84 Å². The summed E-state index contributed by atoms with van der Waals surface area (Å²) in [7, 11) is -2.72. The average Bonchev–Trinajstić information content (AvgIpc) is 3.22. The zero-order chi connectivity index (χ0) is 21.7. The van der Waals surface area contributed by atoms with E-state index >= 15 is 0 Å². The largest absolute Gasteiger partial charge is 0.495 e. The molecule has 0 aliphatic heterocycles. The number of nitrogens with zero attached hydrogens (tertiary/aromatic N) is 2. The number of ether oxygens (including phenoxy) is 1. The van der Waals surface area contributed by atoms with Crippen LogP contribution >= 0.6 is 11.3 Å². The number of carboxylic acids is 1. The number of thiazole rings is 1. The lowest BCUT2D eigenvalue weighted by Crippen LogP contribution is -2.14. The molecule has 0 aliphatic carbocycles. The Morgan fingerprint density at radius 3 is 2.60 bits per heavy atom. The molecule has 0 radical (unpaired) electrons. The Kier molecular flexibility index (Phi) is 6.02. The molecule has 0 amide bonds. The summed E-state index contributed by atoms with van der Waals surface area (Å²) in [5.74, 6) is 4.57. The van der Waals surface area contributed by atoms with Crippen molar-refractivity contribution in [1.82, 2.24) is 4.98 Å². The van der Waals surface area contributed by atoms with E-state index in [0.717, 1.165) is 11.3 Å². The van der Waals surface area contributed by atoms with Crippen molar-refractivity contribution in [2.75, 3.05) is 11.8 Å². The van der Waals surface area contributed by atoms with Crippen molar-refractivity contribution in [3.63, 3.8) is 0 Å². The number of benzene rings is 2. The van der Waals surface area contributed by atoms with Gasteiger partial charge >= 0.3 is 5.97 Å². The van der Waals surface area contributed by atoms with Gasteiger partial charge in [0.15, 0.2) is 15.7 Å². The Bertz CT molecular complexity index is 1310. The summed E-state index contributed by atoms with van der Waals surface area (Å²) in [6.45, 7) is 6.93. The number of nitrogens with one attached hydrogen (secondary N) is 1. The molecule has 0 saturated carbocycles. The van der Waals surface area contributed by atoms with Crippen LogP contribution in [-0.4, -0.2) is 31.6 Å². The Balaban J connectivity index is 1.82. The smallest absolute Gasteiger partial charge is 0.335 e. The van der Waals surface area contributed by atoms with Gasteiger partial charge in [0, 0.05) is 10.9 Å². The van der Waals surface area contributed by atoms with Gasteiger partial charge in [0.1, 0.15) is 5.75 Å². The number of aromatic carboxylic acids is 1. The first-order valence-electron chi connectivity index (χ1n) is 8.21. The molecular formula is C20H13N3O5S2. The number of rotatable bonds is 5. The molecule has 10 heteroatoms. The molecule has 30 heavy (non-hydrogen) atoms. The molecule has 150 valence electrons. The Labute approximate surface area is 176 Å². The highest BCUT2D eigenvalue weighted by Gasteiger charge is 2.20. The molecule has 0 spiro atoms. The highest BCUT2D eigenvalue weighted by molar-refractivity contribution is 7.92. The van der Waals surface area contributed by atoms with E-state index in [4.69, 9.17) is 16.4 Å². The number of hydrogen-bond donors (Lipinski definition) is 2. The van der Waals surface area contributed by atoms with E-state index in [1.54, 1.807) is 24.3 Å². The highest BCUT2D eigenvalue weighted by atomic mass is 32.2. The van der Waals surface area contributed by atoms with Crippen LogP contribution in [0.25, 0.3) is 4.85 Å². The van der Waals surface area contributed by atoms with E-state index in [2.05, 4.69) is 26.4 Å². The predicted molar refractivity (Wildman–Crippen MR) is 112 cm³/mol. The zero-order valence-electron chi connectivity index (χ0n) is 15.4. The minimum Gasteiger partial charge on any atom is -0.495 e. The summed E-state index contributed by atoms with van der Waals surface area (Å²) < 4.78 is 32.7. The first kappa shape index (κ1) is 20.9. The summed E-state index contributed by atoms with van der Waals surface area (Å²) in [6, 6.07) is 10.5. The van der Waals surface area contributed by atoms with Crippen LogP contribution in [0.4, 0.5) is 11.4 Å². The molecule has 0 bridgehead atoms. The number of anilines is 1. The Hall–Kier alpha value is -3.86. The molecule has 8 nitrogen and oxygen atoms in total. The average molecular weight is 439 g/mol. The van der Waals surface area contributed by atoms with Gasteiger partial charge in [0.2, 0.25) is 0 Å². The number of carbonyl (C=O) groups is 1. The van der Waals surface area contributed by atoms with Crippen LogP contribution in [0.2, 0.25) is 0 Å².